The zero-order valence-electron chi connectivity index (χ0n) is 13.8. The van der Waals surface area contributed by atoms with E-state index in [9.17, 15) is 9.90 Å². The molecule has 1 heterocycles. The van der Waals surface area contributed by atoms with Crippen molar-refractivity contribution in [2.75, 3.05) is 34.2 Å². The number of nitrogens with one attached hydrogen (secondary N) is 1. The van der Waals surface area contributed by atoms with E-state index in [4.69, 9.17) is 0 Å². The van der Waals surface area contributed by atoms with E-state index in [2.05, 4.69) is 10.2 Å². The Hall–Kier alpha value is -0.650. The minimum absolute atomic E-state index is 0.0223. The summed E-state index contributed by atoms with van der Waals surface area (Å²) in [5.41, 5.74) is -0.0223. The molecule has 2 atom stereocenters. The van der Waals surface area contributed by atoms with Gasteiger partial charge >= 0.3 is 0 Å². The Morgan fingerprint density at radius 2 is 2.00 bits per heavy atom. The number of hydrogen-bond acceptors (Lipinski definition) is 4. The first-order valence-corrected chi connectivity index (χ1v) is 8.27. The van der Waals surface area contributed by atoms with Crippen molar-refractivity contribution < 1.29 is 9.90 Å². The molecule has 2 N–H and O–H groups in total. The first-order valence-electron chi connectivity index (χ1n) is 8.27. The van der Waals surface area contributed by atoms with Crippen molar-refractivity contribution in [3.05, 3.63) is 0 Å². The molecule has 2 rings (SSSR count). The van der Waals surface area contributed by atoms with E-state index in [0.29, 0.717) is 19.4 Å². The number of carbonyl (C=O) groups is 1. The largest absolute Gasteiger partial charge is 0.391 e. The zero-order chi connectivity index (χ0) is 15.5. The smallest absolute Gasteiger partial charge is 0.224 e. The molecule has 1 amide bonds. The average molecular weight is 297 g/mol. The minimum atomic E-state index is -0.365. The maximum atomic E-state index is 12.8. The molecule has 21 heavy (non-hydrogen) atoms. The summed E-state index contributed by atoms with van der Waals surface area (Å²) in [5, 5.41) is 13.3. The van der Waals surface area contributed by atoms with Crippen LogP contribution in [0.4, 0.5) is 0 Å². The molecule has 0 radical (unpaired) electrons. The standard InChI is InChI=1S/C16H31N3O2/c1-17-16(7-5-4-6-8-16)10-15(21)19-12-14(20)9-13(19)11-18(2)3/h13-14,17,20H,4-12H2,1-3H3. The molecule has 2 fully saturated rings. The summed E-state index contributed by atoms with van der Waals surface area (Å²) in [6, 6.07) is 0.153. The van der Waals surface area contributed by atoms with Gasteiger partial charge in [-0.25, -0.2) is 0 Å². The summed E-state index contributed by atoms with van der Waals surface area (Å²) < 4.78 is 0. The van der Waals surface area contributed by atoms with E-state index in [-0.39, 0.29) is 23.6 Å². The molecule has 1 aliphatic heterocycles. The van der Waals surface area contributed by atoms with Gasteiger partial charge in [-0.15, -0.1) is 0 Å². The van der Waals surface area contributed by atoms with E-state index in [0.717, 1.165) is 19.4 Å². The van der Waals surface area contributed by atoms with Gasteiger partial charge in [0.1, 0.15) is 0 Å². The molecule has 0 bridgehead atoms. The van der Waals surface area contributed by atoms with Crippen molar-refractivity contribution in [3.8, 4) is 0 Å². The van der Waals surface area contributed by atoms with Crippen LogP contribution in [-0.2, 0) is 4.79 Å². The molecule has 0 aromatic carbocycles. The number of rotatable bonds is 5. The molecule has 5 heteroatoms. The molecular formula is C16H31N3O2. The molecule has 1 aliphatic carbocycles. The predicted molar refractivity (Wildman–Crippen MR) is 84.2 cm³/mol. The number of aliphatic hydroxyl groups excluding tert-OH is 1. The second-order valence-electron chi connectivity index (χ2n) is 7.12. The lowest BCUT2D eigenvalue weighted by Gasteiger charge is -2.38. The number of amides is 1. The van der Waals surface area contributed by atoms with Crippen molar-refractivity contribution >= 4 is 5.91 Å². The Labute approximate surface area is 128 Å². The van der Waals surface area contributed by atoms with Crippen LogP contribution in [0, 0.1) is 0 Å². The quantitative estimate of drug-likeness (QED) is 0.789. The Morgan fingerprint density at radius 3 is 2.57 bits per heavy atom. The van der Waals surface area contributed by atoms with Gasteiger partial charge in [-0.3, -0.25) is 4.79 Å². The molecule has 5 nitrogen and oxygen atoms in total. The number of likely N-dealkylation sites (N-methyl/N-ethyl adjacent to an activating group) is 1. The Balaban J connectivity index is 2.00. The van der Waals surface area contributed by atoms with Gasteiger partial charge in [-0.2, -0.15) is 0 Å². The summed E-state index contributed by atoms with van der Waals surface area (Å²) in [6.45, 7) is 1.33. The van der Waals surface area contributed by atoms with Crippen molar-refractivity contribution in [1.29, 1.82) is 0 Å². The van der Waals surface area contributed by atoms with E-state index in [1.165, 1.54) is 19.3 Å². The van der Waals surface area contributed by atoms with Crippen molar-refractivity contribution in [2.24, 2.45) is 0 Å². The van der Waals surface area contributed by atoms with Crippen molar-refractivity contribution in [2.45, 2.75) is 62.6 Å². The van der Waals surface area contributed by atoms with Crippen LogP contribution < -0.4 is 5.32 Å². The fourth-order valence-electron chi connectivity index (χ4n) is 3.93. The average Bonchev–Trinajstić information content (AvgIpc) is 2.80. The third-order valence-electron chi connectivity index (χ3n) is 5.12. The molecule has 1 saturated heterocycles. The van der Waals surface area contributed by atoms with Crippen LogP contribution in [-0.4, -0.2) is 72.7 Å². The second kappa shape index (κ2) is 7.07. The summed E-state index contributed by atoms with van der Waals surface area (Å²) in [6.07, 6.45) is 6.78. The van der Waals surface area contributed by atoms with Gasteiger partial charge in [0.05, 0.1) is 6.10 Å². The van der Waals surface area contributed by atoms with Gasteiger partial charge in [-0.1, -0.05) is 19.3 Å². The summed E-state index contributed by atoms with van der Waals surface area (Å²) >= 11 is 0. The lowest BCUT2D eigenvalue weighted by molar-refractivity contribution is -0.134. The number of hydrogen-bond donors (Lipinski definition) is 2. The number of likely N-dealkylation sites (tertiary alicyclic amines) is 1. The Bertz CT molecular complexity index is 353. The fraction of sp³-hybridized carbons (Fsp3) is 0.938. The van der Waals surface area contributed by atoms with E-state index in [1.54, 1.807) is 0 Å². The topological polar surface area (TPSA) is 55.8 Å². The maximum Gasteiger partial charge on any atom is 0.224 e. The SMILES string of the molecule is CNC1(CC(=O)N2CC(O)CC2CN(C)C)CCCCC1. The Kier molecular flexibility index (Phi) is 5.63. The van der Waals surface area contributed by atoms with Gasteiger partial charge in [0.15, 0.2) is 0 Å². The highest BCUT2D eigenvalue weighted by atomic mass is 16.3. The monoisotopic (exact) mass is 297 g/mol. The third kappa shape index (κ3) is 4.18. The number of aliphatic hydroxyl groups is 1. The van der Waals surface area contributed by atoms with Crippen molar-refractivity contribution in [1.82, 2.24) is 15.1 Å². The Morgan fingerprint density at radius 1 is 1.33 bits per heavy atom. The minimum Gasteiger partial charge on any atom is -0.391 e. The number of nitrogens with zero attached hydrogens (tertiary/aromatic N) is 2. The van der Waals surface area contributed by atoms with Gasteiger partial charge in [0.25, 0.3) is 0 Å². The highest BCUT2D eigenvalue weighted by Crippen LogP contribution is 2.32. The van der Waals surface area contributed by atoms with Gasteiger partial charge < -0.3 is 20.2 Å². The van der Waals surface area contributed by atoms with Crippen LogP contribution in [0.2, 0.25) is 0 Å². The normalized spacial score (nSPS) is 29.1. The maximum absolute atomic E-state index is 12.8. The molecule has 2 aliphatic rings. The van der Waals surface area contributed by atoms with Crippen LogP contribution in [0.3, 0.4) is 0 Å². The molecule has 122 valence electrons. The van der Waals surface area contributed by atoms with Crippen molar-refractivity contribution in [3.63, 3.8) is 0 Å². The van der Waals surface area contributed by atoms with Gasteiger partial charge in [-0.05, 0) is 40.4 Å². The number of β-amino-alcohol motifs (C(OH)–C–C–N with tert-alkyl or cyclic N) is 1. The summed E-state index contributed by atoms with van der Waals surface area (Å²) in [5.74, 6) is 0.203. The predicted octanol–water partition coefficient (Wildman–Crippen LogP) is 0.822. The lowest BCUT2D eigenvalue weighted by atomic mass is 9.79. The van der Waals surface area contributed by atoms with Crippen LogP contribution >= 0.6 is 0 Å². The zero-order valence-corrected chi connectivity index (χ0v) is 13.8. The highest BCUT2D eigenvalue weighted by Gasteiger charge is 2.39. The lowest BCUT2D eigenvalue weighted by Crippen LogP contribution is -2.50. The summed E-state index contributed by atoms with van der Waals surface area (Å²) in [7, 11) is 6.02. The molecule has 0 aromatic rings. The third-order valence-corrected chi connectivity index (χ3v) is 5.12. The summed E-state index contributed by atoms with van der Waals surface area (Å²) in [4.78, 5) is 16.8. The van der Waals surface area contributed by atoms with E-state index >= 15 is 0 Å². The molecule has 0 spiro atoms. The van der Waals surface area contributed by atoms with Gasteiger partial charge in [0, 0.05) is 31.1 Å². The first kappa shape index (κ1) is 16.7. The van der Waals surface area contributed by atoms with E-state index < -0.39 is 0 Å². The van der Waals surface area contributed by atoms with Crippen LogP contribution in [0.25, 0.3) is 0 Å². The first-order chi connectivity index (χ1) is 9.96. The van der Waals surface area contributed by atoms with Crippen LogP contribution in [0.1, 0.15) is 44.9 Å². The van der Waals surface area contributed by atoms with Gasteiger partial charge in [0.2, 0.25) is 5.91 Å². The second-order valence-corrected chi connectivity index (χ2v) is 7.12. The van der Waals surface area contributed by atoms with Crippen LogP contribution in [0.5, 0.6) is 0 Å². The van der Waals surface area contributed by atoms with Crippen LogP contribution in [0.15, 0.2) is 0 Å². The molecule has 0 aromatic heterocycles. The molecular weight excluding hydrogens is 266 g/mol. The highest BCUT2D eigenvalue weighted by molar-refractivity contribution is 5.78. The number of carbonyl (C=O) groups excluding carboxylic acids is 1. The molecule has 1 saturated carbocycles. The molecule has 2 unspecified atom stereocenters. The van der Waals surface area contributed by atoms with E-state index in [1.807, 2.05) is 26.0 Å². The fourth-order valence-corrected chi connectivity index (χ4v) is 3.93.